The van der Waals surface area contributed by atoms with Gasteiger partial charge < -0.3 is 9.64 Å². The average molecular weight is 428 g/mol. The Balaban J connectivity index is 1.54. The van der Waals surface area contributed by atoms with E-state index in [2.05, 4.69) is 15.9 Å². The van der Waals surface area contributed by atoms with E-state index in [0.29, 0.717) is 31.5 Å². The first-order valence-corrected chi connectivity index (χ1v) is 9.77. The number of carbonyl (C=O) groups is 2. The normalized spacial score (nSPS) is 15.1. The fourth-order valence-corrected chi connectivity index (χ4v) is 3.65. The van der Waals surface area contributed by atoms with E-state index in [0.717, 1.165) is 15.8 Å². The van der Waals surface area contributed by atoms with Crippen molar-refractivity contribution in [3.63, 3.8) is 0 Å². The molecule has 0 aromatic heterocycles. The first kappa shape index (κ1) is 19.4. The van der Waals surface area contributed by atoms with Gasteiger partial charge in [0.15, 0.2) is 5.78 Å². The molecule has 4 nitrogen and oxygen atoms in total. The number of nitrogens with zero attached hydrogens (tertiary/aromatic N) is 1. The maximum Gasteiger partial charge on any atom is 0.246 e. The summed E-state index contributed by atoms with van der Waals surface area (Å²) in [7, 11) is 1.61. The van der Waals surface area contributed by atoms with Gasteiger partial charge in [-0.25, -0.2) is 0 Å². The molecule has 2 aromatic rings. The van der Waals surface area contributed by atoms with Gasteiger partial charge >= 0.3 is 0 Å². The number of methoxy groups -OCH3 is 1. The smallest absolute Gasteiger partial charge is 0.246 e. The van der Waals surface area contributed by atoms with Crippen LogP contribution < -0.4 is 4.74 Å². The largest absolute Gasteiger partial charge is 0.497 e. The van der Waals surface area contributed by atoms with E-state index >= 15 is 0 Å². The molecule has 1 saturated heterocycles. The molecule has 0 bridgehead atoms. The van der Waals surface area contributed by atoms with Gasteiger partial charge in [0, 0.05) is 35.1 Å². The molecule has 1 aliphatic heterocycles. The Hall–Kier alpha value is -2.40. The number of Topliss-reactive ketones (excluding diaryl/α,β-unsaturated/α-hetero) is 1. The summed E-state index contributed by atoms with van der Waals surface area (Å²) in [5.41, 5.74) is 1.68. The van der Waals surface area contributed by atoms with E-state index in [9.17, 15) is 9.59 Å². The van der Waals surface area contributed by atoms with Crippen molar-refractivity contribution in [3.05, 3.63) is 70.2 Å². The van der Waals surface area contributed by atoms with Crippen molar-refractivity contribution in [3.8, 4) is 5.75 Å². The Labute approximate surface area is 168 Å². The van der Waals surface area contributed by atoms with Gasteiger partial charge in [-0.2, -0.15) is 0 Å². The number of halogens is 1. The third-order valence-electron chi connectivity index (χ3n) is 4.82. The Morgan fingerprint density at radius 1 is 1.11 bits per heavy atom. The van der Waals surface area contributed by atoms with Crippen LogP contribution in [0.1, 0.15) is 28.8 Å². The summed E-state index contributed by atoms with van der Waals surface area (Å²) < 4.78 is 6.11. The van der Waals surface area contributed by atoms with Crippen molar-refractivity contribution >= 4 is 33.7 Å². The van der Waals surface area contributed by atoms with E-state index in [1.54, 1.807) is 37.5 Å². The topological polar surface area (TPSA) is 46.6 Å². The van der Waals surface area contributed by atoms with Gasteiger partial charge in [-0.15, -0.1) is 0 Å². The standard InChI is InChI=1S/C22H22BrNO3/c1-27-20-8-6-17(7-9-20)22(26)18-11-13-24(14-12-18)21(25)10-5-16-3-2-4-19(23)15-16/h2-10,15,18H,11-14H2,1H3. The highest BCUT2D eigenvalue weighted by atomic mass is 79.9. The number of benzene rings is 2. The van der Waals surface area contributed by atoms with Gasteiger partial charge in [0.25, 0.3) is 0 Å². The molecule has 140 valence electrons. The number of hydrogen-bond acceptors (Lipinski definition) is 3. The minimum absolute atomic E-state index is 0.00896. The van der Waals surface area contributed by atoms with Crippen LogP contribution in [0.5, 0.6) is 5.75 Å². The average Bonchev–Trinajstić information content (AvgIpc) is 2.72. The molecular formula is C22H22BrNO3. The lowest BCUT2D eigenvalue weighted by molar-refractivity contribution is -0.127. The predicted molar refractivity (Wildman–Crippen MR) is 110 cm³/mol. The van der Waals surface area contributed by atoms with Crippen molar-refractivity contribution < 1.29 is 14.3 Å². The van der Waals surface area contributed by atoms with Crippen LogP contribution in [0.4, 0.5) is 0 Å². The number of ketones is 1. The molecule has 5 heteroatoms. The van der Waals surface area contributed by atoms with Gasteiger partial charge in [0.05, 0.1) is 7.11 Å². The van der Waals surface area contributed by atoms with Gasteiger partial charge in [0.1, 0.15) is 5.75 Å². The lowest BCUT2D eigenvalue weighted by Gasteiger charge is -2.30. The second-order valence-corrected chi connectivity index (χ2v) is 7.50. The van der Waals surface area contributed by atoms with Gasteiger partial charge in [-0.05, 0) is 60.9 Å². The zero-order valence-corrected chi connectivity index (χ0v) is 16.8. The minimum atomic E-state index is -0.0310. The summed E-state index contributed by atoms with van der Waals surface area (Å²) in [6, 6.07) is 15.0. The third kappa shape index (κ3) is 5.07. The van der Waals surface area contributed by atoms with Crippen LogP contribution in [-0.4, -0.2) is 36.8 Å². The van der Waals surface area contributed by atoms with Gasteiger partial charge in [-0.1, -0.05) is 28.1 Å². The van der Waals surface area contributed by atoms with Crippen molar-refractivity contribution in [2.75, 3.05) is 20.2 Å². The number of piperidine rings is 1. The van der Waals surface area contributed by atoms with Gasteiger partial charge in [-0.3, -0.25) is 9.59 Å². The molecule has 3 rings (SSSR count). The third-order valence-corrected chi connectivity index (χ3v) is 5.31. The van der Waals surface area contributed by atoms with Crippen LogP contribution in [0, 0.1) is 5.92 Å². The molecule has 0 aliphatic carbocycles. The Bertz CT molecular complexity index is 837. The number of likely N-dealkylation sites (tertiary alicyclic amines) is 1. The lowest BCUT2D eigenvalue weighted by Crippen LogP contribution is -2.39. The summed E-state index contributed by atoms with van der Waals surface area (Å²) in [6.07, 6.45) is 4.82. The highest BCUT2D eigenvalue weighted by Crippen LogP contribution is 2.23. The van der Waals surface area contributed by atoms with Gasteiger partial charge in [0.2, 0.25) is 5.91 Å². The molecule has 0 spiro atoms. The number of ether oxygens (including phenoxy) is 1. The second-order valence-electron chi connectivity index (χ2n) is 6.58. The monoisotopic (exact) mass is 427 g/mol. The number of hydrogen-bond donors (Lipinski definition) is 0. The van der Waals surface area contributed by atoms with E-state index in [4.69, 9.17) is 4.74 Å². The maximum atomic E-state index is 12.7. The van der Waals surface area contributed by atoms with E-state index in [-0.39, 0.29) is 17.6 Å². The first-order valence-electron chi connectivity index (χ1n) is 8.97. The zero-order valence-electron chi connectivity index (χ0n) is 15.2. The molecule has 0 unspecified atom stereocenters. The fraction of sp³-hybridized carbons (Fsp3) is 0.273. The van der Waals surface area contributed by atoms with Crippen LogP contribution in [0.2, 0.25) is 0 Å². The van der Waals surface area contributed by atoms with Crippen molar-refractivity contribution in [1.82, 2.24) is 4.90 Å². The Morgan fingerprint density at radius 2 is 1.81 bits per heavy atom. The molecule has 0 atom stereocenters. The molecular weight excluding hydrogens is 406 g/mol. The summed E-state index contributed by atoms with van der Waals surface area (Å²) in [6.45, 7) is 1.21. The maximum absolute atomic E-state index is 12.7. The molecule has 2 aromatic carbocycles. The summed E-state index contributed by atoms with van der Waals surface area (Å²) >= 11 is 3.42. The van der Waals surface area contributed by atoms with Crippen LogP contribution in [0.3, 0.4) is 0 Å². The van der Waals surface area contributed by atoms with Crippen LogP contribution in [0.15, 0.2) is 59.1 Å². The zero-order chi connectivity index (χ0) is 19.2. The fourth-order valence-electron chi connectivity index (χ4n) is 3.24. The summed E-state index contributed by atoms with van der Waals surface area (Å²) in [5.74, 6) is 0.848. The summed E-state index contributed by atoms with van der Waals surface area (Å²) in [4.78, 5) is 26.9. The van der Waals surface area contributed by atoms with Crippen LogP contribution in [0.25, 0.3) is 6.08 Å². The second kappa shape index (κ2) is 9.00. The van der Waals surface area contributed by atoms with E-state index in [1.165, 1.54) is 0 Å². The number of rotatable bonds is 5. The quantitative estimate of drug-likeness (QED) is 0.517. The molecule has 0 saturated carbocycles. The minimum Gasteiger partial charge on any atom is -0.497 e. The highest BCUT2D eigenvalue weighted by Gasteiger charge is 2.27. The number of carbonyl (C=O) groups excluding carboxylic acids is 2. The molecule has 27 heavy (non-hydrogen) atoms. The van der Waals surface area contributed by atoms with Crippen molar-refractivity contribution in [2.24, 2.45) is 5.92 Å². The van der Waals surface area contributed by atoms with E-state index < -0.39 is 0 Å². The predicted octanol–water partition coefficient (Wildman–Crippen LogP) is 4.59. The van der Waals surface area contributed by atoms with Crippen LogP contribution in [-0.2, 0) is 4.79 Å². The molecule has 0 radical (unpaired) electrons. The lowest BCUT2D eigenvalue weighted by atomic mass is 9.89. The highest BCUT2D eigenvalue weighted by molar-refractivity contribution is 9.10. The van der Waals surface area contributed by atoms with Crippen LogP contribution >= 0.6 is 15.9 Å². The first-order chi connectivity index (χ1) is 13.1. The molecule has 1 fully saturated rings. The van der Waals surface area contributed by atoms with Crippen molar-refractivity contribution in [1.29, 1.82) is 0 Å². The SMILES string of the molecule is COc1ccc(C(=O)C2CCN(C(=O)C=Cc3cccc(Br)c3)CC2)cc1. The van der Waals surface area contributed by atoms with Crippen molar-refractivity contribution in [2.45, 2.75) is 12.8 Å². The Kier molecular flexibility index (Phi) is 6.45. The number of amides is 1. The molecule has 1 heterocycles. The molecule has 1 aliphatic rings. The van der Waals surface area contributed by atoms with E-state index in [1.807, 2.05) is 35.2 Å². The molecule has 0 N–H and O–H groups in total. The Morgan fingerprint density at radius 3 is 2.44 bits per heavy atom. The molecule has 1 amide bonds. The summed E-state index contributed by atoms with van der Waals surface area (Å²) in [5, 5.41) is 0.